The normalized spacial score (nSPS) is 25.8. The fourth-order valence-corrected chi connectivity index (χ4v) is 1.44. The van der Waals surface area contributed by atoms with E-state index in [9.17, 15) is 13.6 Å². The minimum Gasteiger partial charge on any atom is -0.375 e. The number of rotatable bonds is 3. The summed E-state index contributed by atoms with van der Waals surface area (Å²) in [7, 11) is 1.38. The zero-order valence-electron chi connectivity index (χ0n) is 7.98. The SMILES string of the molecule is COCC(=O)NC1CNCC(F)(F)C1. The smallest absolute Gasteiger partial charge is 0.262 e. The molecule has 0 radical (unpaired) electrons. The van der Waals surface area contributed by atoms with Gasteiger partial charge in [0.05, 0.1) is 6.54 Å². The van der Waals surface area contributed by atoms with E-state index in [2.05, 4.69) is 15.4 Å². The van der Waals surface area contributed by atoms with Crippen LogP contribution in [0.1, 0.15) is 6.42 Å². The Bertz CT molecular complexity index is 212. The molecule has 6 heteroatoms. The Kier molecular flexibility index (Phi) is 3.77. The van der Waals surface area contributed by atoms with Gasteiger partial charge in [0.1, 0.15) is 6.61 Å². The number of hydrogen-bond donors (Lipinski definition) is 2. The van der Waals surface area contributed by atoms with Crippen LogP contribution >= 0.6 is 0 Å². The van der Waals surface area contributed by atoms with Gasteiger partial charge in [0, 0.05) is 26.1 Å². The quantitative estimate of drug-likeness (QED) is 0.672. The van der Waals surface area contributed by atoms with Gasteiger partial charge in [-0.15, -0.1) is 0 Å². The number of carbonyl (C=O) groups is 1. The molecule has 0 aromatic carbocycles. The van der Waals surface area contributed by atoms with Gasteiger partial charge in [0.2, 0.25) is 5.91 Å². The van der Waals surface area contributed by atoms with E-state index >= 15 is 0 Å². The highest BCUT2D eigenvalue weighted by atomic mass is 19.3. The summed E-state index contributed by atoms with van der Waals surface area (Å²) in [6, 6.07) is -0.513. The van der Waals surface area contributed by atoms with Crippen molar-refractivity contribution in [1.82, 2.24) is 10.6 Å². The molecule has 0 aliphatic carbocycles. The molecule has 1 unspecified atom stereocenters. The first-order chi connectivity index (χ1) is 6.53. The summed E-state index contributed by atoms with van der Waals surface area (Å²) in [5.74, 6) is -3.10. The zero-order valence-corrected chi connectivity index (χ0v) is 7.98. The van der Waals surface area contributed by atoms with Gasteiger partial charge in [-0.3, -0.25) is 4.79 Å². The molecular formula is C8H14F2N2O2. The van der Waals surface area contributed by atoms with Crippen molar-refractivity contribution >= 4 is 5.91 Å². The van der Waals surface area contributed by atoms with E-state index < -0.39 is 12.0 Å². The maximum Gasteiger partial charge on any atom is 0.262 e. The van der Waals surface area contributed by atoms with Crippen LogP contribution in [0.5, 0.6) is 0 Å². The van der Waals surface area contributed by atoms with Crippen LogP contribution in [-0.2, 0) is 9.53 Å². The Hall–Kier alpha value is -0.750. The van der Waals surface area contributed by atoms with Crippen molar-refractivity contribution in [2.24, 2.45) is 0 Å². The third-order valence-corrected chi connectivity index (χ3v) is 1.96. The highest BCUT2D eigenvalue weighted by Gasteiger charge is 2.36. The van der Waals surface area contributed by atoms with Gasteiger partial charge in [0.15, 0.2) is 0 Å². The fourth-order valence-electron chi connectivity index (χ4n) is 1.44. The highest BCUT2D eigenvalue weighted by Crippen LogP contribution is 2.22. The molecule has 0 aromatic heterocycles. The molecule has 4 nitrogen and oxygen atoms in total. The average molecular weight is 208 g/mol. The molecule has 0 aromatic rings. The molecule has 1 heterocycles. The Morgan fingerprint density at radius 2 is 2.43 bits per heavy atom. The maximum atomic E-state index is 12.8. The Morgan fingerprint density at radius 3 is 3.00 bits per heavy atom. The van der Waals surface area contributed by atoms with E-state index in [-0.39, 0.29) is 25.5 Å². The fraction of sp³-hybridized carbons (Fsp3) is 0.875. The van der Waals surface area contributed by atoms with E-state index in [1.807, 2.05) is 0 Å². The third-order valence-electron chi connectivity index (χ3n) is 1.96. The van der Waals surface area contributed by atoms with Crippen LogP contribution < -0.4 is 10.6 Å². The summed E-state index contributed by atoms with van der Waals surface area (Å²) in [5, 5.41) is 5.04. The van der Waals surface area contributed by atoms with E-state index in [0.717, 1.165) is 0 Å². The lowest BCUT2D eigenvalue weighted by Crippen LogP contribution is -2.53. The Labute approximate surface area is 81.0 Å². The lowest BCUT2D eigenvalue weighted by molar-refractivity contribution is -0.126. The van der Waals surface area contributed by atoms with Crippen LogP contribution in [0.3, 0.4) is 0 Å². The van der Waals surface area contributed by atoms with Gasteiger partial charge < -0.3 is 15.4 Å². The average Bonchev–Trinajstić information content (AvgIpc) is 2.02. The van der Waals surface area contributed by atoms with E-state index in [1.54, 1.807) is 0 Å². The Morgan fingerprint density at radius 1 is 1.71 bits per heavy atom. The van der Waals surface area contributed by atoms with Crippen molar-refractivity contribution in [2.45, 2.75) is 18.4 Å². The molecule has 14 heavy (non-hydrogen) atoms. The molecular weight excluding hydrogens is 194 g/mol. The van der Waals surface area contributed by atoms with Crippen molar-refractivity contribution in [1.29, 1.82) is 0 Å². The lowest BCUT2D eigenvalue weighted by atomic mass is 10.0. The van der Waals surface area contributed by atoms with E-state index in [4.69, 9.17) is 0 Å². The summed E-state index contributed by atoms with van der Waals surface area (Å²) in [6.45, 7) is -0.0310. The maximum absolute atomic E-state index is 12.8. The van der Waals surface area contributed by atoms with Gasteiger partial charge in [0.25, 0.3) is 5.92 Å². The van der Waals surface area contributed by atoms with Crippen LogP contribution in [0.15, 0.2) is 0 Å². The molecule has 1 rings (SSSR count). The number of piperidine rings is 1. The number of carbonyl (C=O) groups excluding carboxylic acids is 1. The van der Waals surface area contributed by atoms with Gasteiger partial charge >= 0.3 is 0 Å². The largest absolute Gasteiger partial charge is 0.375 e. The van der Waals surface area contributed by atoms with E-state index in [0.29, 0.717) is 6.54 Å². The number of nitrogens with one attached hydrogen (secondary N) is 2. The monoisotopic (exact) mass is 208 g/mol. The van der Waals surface area contributed by atoms with E-state index in [1.165, 1.54) is 7.11 Å². The van der Waals surface area contributed by atoms with Gasteiger partial charge in [-0.2, -0.15) is 0 Å². The van der Waals surface area contributed by atoms with Crippen molar-refractivity contribution in [3.05, 3.63) is 0 Å². The molecule has 0 bridgehead atoms. The first-order valence-electron chi connectivity index (χ1n) is 4.40. The molecule has 1 aliphatic heterocycles. The highest BCUT2D eigenvalue weighted by molar-refractivity contribution is 5.77. The Balaban J connectivity index is 2.34. The lowest BCUT2D eigenvalue weighted by Gasteiger charge is -2.30. The summed E-state index contributed by atoms with van der Waals surface area (Å²) >= 11 is 0. The van der Waals surface area contributed by atoms with Gasteiger partial charge in [-0.1, -0.05) is 0 Å². The predicted molar refractivity (Wildman–Crippen MR) is 46.2 cm³/mol. The third kappa shape index (κ3) is 3.55. The minimum absolute atomic E-state index is 0.0952. The van der Waals surface area contributed by atoms with Gasteiger partial charge in [-0.05, 0) is 0 Å². The second kappa shape index (κ2) is 4.65. The van der Waals surface area contributed by atoms with Crippen LogP contribution in [0, 0.1) is 0 Å². The summed E-state index contributed by atoms with van der Waals surface area (Å²) < 4.78 is 30.3. The van der Waals surface area contributed by atoms with Crippen LogP contribution in [0.25, 0.3) is 0 Å². The van der Waals surface area contributed by atoms with Crippen molar-refractivity contribution in [3.63, 3.8) is 0 Å². The van der Waals surface area contributed by atoms with Crippen LogP contribution in [-0.4, -0.2) is 44.7 Å². The van der Waals surface area contributed by atoms with Gasteiger partial charge in [-0.25, -0.2) is 8.78 Å². The molecule has 1 atom stereocenters. The molecule has 0 saturated carbocycles. The van der Waals surface area contributed by atoms with Crippen molar-refractivity contribution in [2.75, 3.05) is 26.8 Å². The van der Waals surface area contributed by atoms with Crippen LogP contribution in [0.2, 0.25) is 0 Å². The molecule has 1 aliphatic rings. The first kappa shape index (κ1) is 11.3. The molecule has 0 spiro atoms. The second-order valence-corrected chi connectivity index (χ2v) is 3.39. The molecule has 1 fully saturated rings. The number of alkyl halides is 2. The molecule has 1 amide bonds. The topological polar surface area (TPSA) is 50.4 Å². The second-order valence-electron chi connectivity index (χ2n) is 3.39. The standard InChI is InChI=1S/C8H14F2N2O2/c1-14-4-7(13)12-6-2-8(9,10)5-11-3-6/h6,11H,2-5H2,1H3,(H,12,13). The van der Waals surface area contributed by atoms with Crippen molar-refractivity contribution in [3.8, 4) is 0 Å². The number of hydrogen-bond acceptors (Lipinski definition) is 3. The summed E-state index contributed by atoms with van der Waals surface area (Å²) in [5.41, 5.74) is 0. The molecule has 1 saturated heterocycles. The minimum atomic E-state index is -2.73. The summed E-state index contributed by atoms with van der Waals surface area (Å²) in [6.07, 6.45) is -0.310. The summed E-state index contributed by atoms with van der Waals surface area (Å²) in [4.78, 5) is 11.0. The zero-order chi connectivity index (χ0) is 10.6. The molecule has 2 N–H and O–H groups in total. The number of halogens is 2. The molecule has 82 valence electrons. The van der Waals surface area contributed by atoms with Crippen LogP contribution in [0.4, 0.5) is 8.78 Å². The first-order valence-corrected chi connectivity index (χ1v) is 4.40. The number of ether oxygens (including phenoxy) is 1. The number of methoxy groups -OCH3 is 1. The number of amides is 1. The predicted octanol–water partition coefficient (Wildman–Crippen LogP) is -0.254. The van der Waals surface area contributed by atoms with Crippen molar-refractivity contribution < 1.29 is 18.3 Å².